The number of aliphatic hydroxyl groups excluding tert-OH is 1. The largest absolute Gasteiger partial charge is 0.496 e. The highest BCUT2D eigenvalue weighted by Crippen LogP contribution is 2.49. The van der Waals surface area contributed by atoms with Gasteiger partial charge in [0.05, 0.1) is 36.2 Å². The maximum Gasteiger partial charge on any atom is 0.258 e. The summed E-state index contributed by atoms with van der Waals surface area (Å²) in [7, 11) is 4.87. The second-order valence-electron chi connectivity index (χ2n) is 9.36. The van der Waals surface area contributed by atoms with E-state index in [2.05, 4.69) is 4.98 Å². The average molecular weight is 489 g/mol. The summed E-state index contributed by atoms with van der Waals surface area (Å²) in [5, 5.41) is 10.4. The van der Waals surface area contributed by atoms with Crippen molar-refractivity contribution in [1.29, 1.82) is 0 Å². The summed E-state index contributed by atoms with van der Waals surface area (Å²) in [6, 6.07) is 12.9. The van der Waals surface area contributed by atoms with E-state index < -0.39 is 23.9 Å². The molecule has 9 heteroatoms. The number of amides is 2. The maximum absolute atomic E-state index is 13.8. The summed E-state index contributed by atoms with van der Waals surface area (Å²) in [6.07, 6.45) is 3.08. The lowest BCUT2D eigenvalue weighted by Crippen LogP contribution is -2.49. The Bertz CT molecular complexity index is 1370. The average Bonchev–Trinajstić information content (AvgIpc) is 3.14. The van der Waals surface area contributed by atoms with Crippen LogP contribution < -0.4 is 10.3 Å². The number of carbonyl (C=O) groups is 2. The number of pyridine rings is 2. The number of nitrogens with zero attached hydrogens (tertiary/aromatic N) is 4. The van der Waals surface area contributed by atoms with Gasteiger partial charge in [0.15, 0.2) is 0 Å². The van der Waals surface area contributed by atoms with Crippen molar-refractivity contribution in [1.82, 2.24) is 19.4 Å². The number of ether oxygens (including phenoxy) is 1. The molecule has 2 aromatic heterocycles. The van der Waals surface area contributed by atoms with Crippen molar-refractivity contribution >= 4 is 11.8 Å². The number of fused-ring (bicyclic) bond motifs is 4. The topological polar surface area (TPSA) is 105 Å². The molecule has 2 amide bonds. The normalized spacial score (nSPS) is 22.2. The Labute approximate surface area is 208 Å². The van der Waals surface area contributed by atoms with E-state index in [0.29, 0.717) is 28.1 Å². The van der Waals surface area contributed by atoms with E-state index in [0.717, 1.165) is 0 Å². The Morgan fingerprint density at radius 2 is 1.89 bits per heavy atom. The van der Waals surface area contributed by atoms with Gasteiger partial charge in [-0.05, 0) is 30.3 Å². The fourth-order valence-electron chi connectivity index (χ4n) is 5.67. The molecular weight excluding hydrogens is 460 g/mol. The van der Waals surface area contributed by atoms with Gasteiger partial charge in [0.2, 0.25) is 5.91 Å². The van der Waals surface area contributed by atoms with Gasteiger partial charge in [0.1, 0.15) is 5.75 Å². The highest BCUT2D eigenvalue weighted by atomic mass is 16.5. The molecule has 0 aliphatic carbocycles. The maximum atomic E-state index is 13.8. The van der Waals surface area contributed by atoms with Crippen molar-refractivity contribution in [2.24, 2.45) is 11.8 Å². The highest BCUT2D eigenvalue weighted by molar-refractivity contribution is 5.95. The van der Waals surface area contributed by atoms with Gasteiger partial charge in [-0.15, -0.1) is 0 Å². The summed E-state index contributed by atoms with van der Waals surface area (Å²) in [5.41, 5.74) is 1.88. The molecule has 0 saturated carbocycles. The van der Waals surface area contributed by atoms with Gasteiger partial charge in [0.25, 0.3) is 11.5 Å². The van der Waals surface area contributed by atoms with Crippen LogP contribution in [0.1, 0.15) is 22.1 Å². The number of methoxy groups -OCH3 is 1. The van der Waals surface area contributed by atoms with E-state index >= 15 is 0 Å². The zero-order valence-corrected chi connectivity index (χ0v) is 20.4. The van der Waals surface area contributed by atoms with Crippen molar-refractivity contribution in [3.63, 3.8) is 0 Å². The fourth-order valence-corrected chi connectivity index (χ4v) is 5.67. The molecule has 4 heterocycles. The molecule has 1 aromatic carbocycles. The Morgan fingerprint density at radius 1 is 1.11 bits per heavy atom. The monoisotopic (exact) mass is 488 g/mol. The Hall–Kier alpha value is -3.98. The van der Waals surface area contributed by atoms with Crippen molar-refractivity contribution in [2.75, 3.05) is 27.8 Å². The standard InChI is InChI=1S/C27H28N4O5/c1-29(2)27(35)23-19(15-32)21-14-30-20(24(23)31(21)25(33)16-7-6-12-28-13-16)11-10-18(26(30)34)17-8-4-5-9-22(17)36-3/h4-13,19,21,23-24,32H,14-15H2,1-3H3/t19-,21-,23+,24+/m0/s1. The first-order valence-corrected chi connectivity index (χ1v) is 11.8. The van der Waals surface area contributed by atoms with Crippen LogP contribution in [0, 0.1) is 11.8 Å². The lowest BCUT2D eigenvalue weighted by molar-refractivity contribution is -0.135. The molecule has 0 spiro atoms. The number of hydrogen-bond donors (Lipinski definition) is 1. The van der Waals surface area contributed by atoms with Crippen LogP contribution in [0.4, 0.5) is 0 Å². The first-order valence-electron chi connectivity index (χ1n) is 11.8. The predicted molar refractivity (Wildman–Crippen MR) is 132 cm³/mol. The van der Waals surface area contributed by atoms with Crippen LogP contribution in [0.15, 0.2) is 65.7 Å². The van der Waals surface area contributed by atoms with E-state index in [1.807, 2.05) is 24.3 Å². The highest BCUT2D eigenvalue weighted by Gasteiger charge is 2.57. The first kappa shape index (κ1) is 23.7. The number of para-hydroxylation sites is 1. The van der Waals surface area contributed by atoms with Crippen molar-refractivity contribution in [2.45, 2.75) is 18.6 Å². The molecule has 4 atom stereocenters. The van der Waals surface area contributed by atoms with Gasteiger partial charge < -0.3 is 24.2 Å². The summed E-state index contributed by atoms with van der Waals surface area (Å²) < 4.78 is 7.12. The Balaban J connectivity index is 1.69. The third-order valence-electron chi connectivity index (χ3n) is 7.31. The number of rotatable bonds is 5. The predicted octanol–water partition coefficient (Wildman–Crippen LogP) is 1.81. The van der Waals surface area contributed by atoms with Crippen LogP contribution in [-0.2, 0) is 11.3 Å². The molecule has 0 radical (unpaired) electrons. The van der Waals surface area contributed by atoms with Crippen molar-refractivity contribution in [3.05, 3.63) is 82.5 Å². The van der Waals surface area contributed by atoms with Crippen LogP contribution in [0.5, 0.6) is 5.75 Å². The van der Waals surface area contributed by atoms with Crippen molar-refractivity contribution < 1.29 is 19.4 Å². The van der Waals surface area contributed by atoms with E-state index in [1.54, 1.807) is 61.1 Å². The fraction of sp³-hybridized carbons (Fsp3) is 0.333. The molecule has 36 heavy (non-hydrogen) atoms. The zero-order valence-electron chi connectivity index (χ0n) is 20.4. The van der Waals surface area contributed by atoms with E-state index in [4.69, 9.17) is 4.74 Å². The third-order valence-corrected chi connectivity index (χ3v) is 7.31. The van der Waals surface area contributed by atoms with Gasteiger partial charge in [0, 0.05) is 56.8 Å². The number of aromatic nitrogens is 2. The third kappa shape index (κ3) is 3.58. The van der Waals surface area contributed by atoms with Crippen LogP contribution in [-0.4, -0.2) is 70.1 Å². The lowest BCUT2D eigenvalue weighted by Gasteiger charge is -2.38. The van der Waals surface area contributed by atoms with Gasteiger partial charge in [-0.25, -0.2) is 0 Å². The number of aliphatic hydroxyl groups is 1. The van der Waals surface area contributed by atoms with Gasteiger partial charge in [-0.2, -0.15) is 0 Å². The van der Waals surface area contributed by atoms with Crippen LogP contribution in [0.2, 0.25) is 0 Å². The minimum absolute atomic E-state index is 0.169. The number of carbonyl (C=O) groups excluding carboxylic acids is 2. The van der Waals surface area contributed by atoms with E-state index in [9.17, 15) is 19.5 Å². The molecule has 2 aliphatic heterocycles. The Kier molecular flexibility index (Phi) is 6.09. The number of benzene rings is 1. The Morgan fingerprint density at radius 3 is 2.56 bits per heavy atom. The van der Waals surface area contributed by atoms with Crippen LogP contribution in [0.3, 0.4) is 0 Å². The molecule has 5 rings (SSSR count). The first-order chi connectivity index (χ1) is 17.4. The number of hydrogen-bond acceptors (Lipinski definition) is 6. The summed E-state index contributed by atoms with van der Waals surface area (Å²) in [4.78, 5) is 48.1. The second-order valence-corrected chi connectivity index (χ2v) is 9.36. The second kappa shape index (κ2) is 9.23. The SMILES string of the molecule is COc1ccccc1-c1ccc2n(c1=O)C[C@H]1[C@H](CO)[C@@H](C(=O)N(C)C)[C@@H]2N1C(=O)c1cccnc1. The summed E-state index contributed by atoms with van der Waals surface area (Å²) in [6.45, 7) is -0.119. The zero-order chi connectivity index (χ0) is 25.6. The molecule has 0 unspecified atom stereocenters. The molecule has 186 valence electrons. The van der Waals surface area contributed by atoms with Crippen LogP contribution in [0.25, 0.3) is 11.1 Å². The smallest absolute Gasteiger partial charge is 0.258 e. The summed E-state index contributed by atoms with van der Waals surface area (Å²) >= 11 is 0. The van der Waals surface area contributed by atoms with Gasteiger partial charge >= 0.3 is 0 Å². The molecule has 1 saturated heterocycles. The van der Waals surface area contributed by atoms with E-state index in [-0.39, 0.29) is 30.5 Å². The van der Waals surface area contributed by atoms with E-state index in [1.165, 1.54) is 11.1 Å². The molecule has 1 fully saturated rings. The molecule has 2 aliphatic rings. The molecular formula is C27H28N4O5. The van der Waals surface area contributed by atoms with Gasteiger partial charge in [-0.1, -0.05) is 18.2 Å². The molecule has 2 bridgehead atoms. The summed E-state index contributed by atoms with van der Waals surface area (Å²) in [5.74, 6) is -1.12. The molecule has 1 N–H and O–H groups in total. The quantitative estimate of drug-likeness (QED) is 0.587. The minimum atomic E-state index is -0.706. The van der Waals surface area contributed by atoms with Crippen LogP contribution >= 0.6 is 0 Å². The van der Waals surface area contributed by atoms with Crippen molar-refractivity contribution in [3.8, 4) is 16.9 Å². The lowest BCUT2D eigenvalue weighted by atomic mass is 9.86. The molecule has 3 aromatic rings. The van der Waals surface area contributed by atoms with Gasteiger partial charge in [-0.3, -0.25) is 19.4 Å². The minimum Gasteiger partial charge on any atom is -0.496 e. The molecule has 9 nitrogen and oxygen atoms in total.